The van der Waals surface area contributed by atoms with Gasteiger partial charge in [0, 0.05) is 32.7 Å². The summed E-state index contributed by atoms with van der Waals surface area (Å²) in [7, 11) is 0. The van der Waals surface area contributed by atoms with Crippen molar-refractivity contribution in [1.82, 2.24) is 0 Å². The fraction of sp³-hybridized carbons (Fsp3) is 0.0208. The van der Waals surface area contributed by atoms with Crippen LogP contribution in [0.3, 0.4) is 0 Å². The van der Waals surface area contributed by atoms with Crippen LogP contribution in [0.2, 0.25) is 0 Å². The zero-order valence-electron chi connectivity index (χ0n) is 28.7. The van der Waals surface area contributed by atoms with E-state index < -0.39 is 0 Å². The summed E-state index contributed by atoms with van der Waals surface area (Å²) < 4.78 is 12.8. The van der Waals surface area contributed by atoms with E-state index in [-0.39, 0.29) is 0 Å². The van der Waals surface area contributed by atoms with E-state index in [1.807, 2.05) is 72.8 Å². The van der Waals surface area contributed by atoms with Crippen molar-refractivity contribution in [3.05, 3.63) is 180 Å². The third-order valence-corrected chi connectivity index (χ3v) is 10.1. The van der Waals surface area contributed by atoms with Crippen LogP contribution >= 0.6 is 0 Å². The van der Waals surface area contributed by atoms with Gasteiger partial charge in [0.25, 0.3) is 0 Å². The molecular weight excluding hydrogens is 651 g/mol. The van der Waals surface area contributed by atoms with Crippen LogP contribution in [0.1, 0.15) is 16.7 Å². The maximum Gasteiger partial charge on any atom is 0.161 e. The Kier molecular flexibility index (Phi) is 7.29. The summed E-state index contributed by atoms with van der Waals surface area (Å²) in [6, 6.07) is 56.2. The Morgan fingerprint density at radius 3 is 1.83 bits per heavy atom. The SMILES string of the molecule is C=N/C(=N\C(=N/Cc1ccccc1)c1cccc2oc3ccccc3c12)c1cccc2oc3cc(-c4ccc5ccc6ccccc6c5c4)ccc3c12. The molecule has 0 aliphatic rings. The number of nitrogens with zero attached hydrogens (tertiary/aromatic N) is 3. The van der Waals surface area contributed by atoms with Crippen molar-refractivity contribution in [3.8, 4) is 11.1 Å². The average Bonchev–Trinajstić information content (AvgIpc) is 3.79. The van der Waals surface area contributed by atoms with E-state index >= 15 is 0 Å². The molecule has 8 aromatic carbocycles. The van der Waals surface area contributed by atoms with Gasteiger partial charge in [0.15, 0.2) is 11.7 Å². The number of benzene rings is 8. The van der Waals surface area contributed by atoms with Gasteiger partial charge in [-0.1, -0.05) is 127 Å². The number of hydrogen-bond acceptors (Lipinski definition) is 3. The van der Waals surface area contributed by atoms with Crippen LogP contribution in [0.5, 0.6) is 0 Å². The molecule has 0 radical (unpaired) electrons. The number of para-hydroxylation sites is 1. The number of hydrogen-bond donors (Lipinski definition) is 0. The summed E-state index contributed by atoms with van der Waals surface area (Å²) in [6.45, 7) is 4.44. The first-order chi connectivity index (χ1) is 26.2. The molecular formula is C48H31N3O2. The highest BCUT2D eigenvalue weighted by atomic mass is 16.3. The zero-order chi connectivity index (χ0) is 35.3. The quantitative estimate of drug-likeness (QED) is 0.103. The molecule has 10 rings (SSSR count). The van der Waals surface area contributed by atoms with Gasteiger partial charge in [-0.25, -0.2) is 9.98 Å². The second-order valence-electron chi connectivity index (χ2n) is 13.2. The minimum atomic E-state index is 0.447. The van der Waals surface area contributed by atoms with Crippen LogP contribution in [0.15, 0.2) is 188 Å². The lowest BCUT2D eigenvalue weighted by Crippen LogP contribution is -2.06. The van der Waals surface area contributed by atoms with Crippen molar-refractivity contribution in [3.63, 3.8) is 0 Å². The molecule has 0 spiro atoms. The van der Waals surface area contributed by atoms with Crippen molar-refractivity contribution in [2.75, 3.05) is 0 Å². The lowest BCUT2D eigenvalue weighted by molar-refractivity contribution is 0.668. The fourth-order valence-corrected chi connectivity index (χ4v) is 7.55. The standard InChI is InChI=1S/C48H31N3O2/c1-49-47(51-48(50-29-30-11-3-2-4-12-30)39-17-10-19-42-45(39)36-15-7-8-18-41(36)52-42)38-16-9-20-43-46(38)37-26-25-34(28-44(37)53-43)33-24-23-32-22-21-31-13-5-6-14-35(31)40(32)27-33/h2-28H,1,29H2/b50-48-,51-47-. The number of aliphatic imine (C=N–C) groups is 3. The van der Waals surface area contributed by atoms with Crippen molar-refractivity contribution >= 4 is 83.8 Å². The maximum absolute atomic E-state index is 6.54. The number of amidine groups is 2. The maximum atomic E-state index is 6.54. The van der Waals surface area contributed by atoms with Gasteiger partial charge >= 0.3 is 0 Å². The van der Waals surface area contributed by atoms with Gasteiger partial charge in [0.05, 0.1) is 6.54 Å². The molecule has 250 valence electrons. The van der Waals surface area contributed by atoms with E-state index in [4.69, 9.17) is 18.8 Å². The van der Waals surface area contributed by atoms with Gasteiger partial charge in [-0.15, -0.1) is 0 Å². The Hall–Kier alpha value is -7.11. The molecule has 5 nitrogen and oxygen atoms in total. The van der Waals surface area contributed by atoms with Crippen LogP contribution in [0.25, 0.3) is 76.5 Å². The topological polar surface area (TPSA) is 63.4 Å². The number of fused-ring (bicyclic) bond motifs is 9. The van der Waals surface area contributed by atoms with E-state index in [0.717, 1.165) is 71.7 Å². The Bertz CT molecular complexity index is 3110. The van der Waals surface area contributed by atoms with E-state index in [9.17, 15) is 0 Å². The van der Waals surface area contributed by atoms with Crippen LogP contribution in [0, 0.1) is 0 Å². The molecule has 0 saturated carbocycles. The normalized spacial score (nSPS) is 12.5. The van der Waals surface area contributed by atoms with E-state index in [2.05, 4.69) is 103 Å². The van der Waals surface area contributed by atoms with Crippen molar-refractivity contribution in [2.45, 2.75) is 6.54 Å². The zero-order valence-corrected chi connectivity index (χ0v) is 28.7. The van der Waals surface area contributed by atoms with Gasteiger partial charge < -0.3 is 8.83 Å². The molecule has 0 atom stereocenters. The van der Waals surface area contributed by atoms with Gasteiger partial charge in [0.1, 0.15) is 22.3 Å². The van der Waals surface area contributed by atoms with Gasteiger partial charge in [-0.3, -0.25) is 4.99 Å². The van der Waals surface area contributed by atoms with E-state index in [1.54, 1.807) is 0 Å². The van der Waals surface area contributed by atoms with Crippen LogP contribution < -0.4 is 0 Å². The first kappa shape index (κ1) is 30.7. The Balaban J connectivity index is 1.12. The van der Waals surface area contributed by atoms with Crippen LogP contribution in [-0.2, 0) is 6.54 Å². The molecule has 0 aliphatic heterocycles. The van der Waals surface area contributed by atoms with Crippen molar-refractivity contribution in [1.29, 1.82) is 0 Å². The molecule has 53 heavy (non-hydrogen) atoms. The minimum Gasteiger partial charge on any atom is -0.456 e. The number of rotatable bonds is 5. The molecule has 0 amide bonds. The van der Waals surface area contributed by atoms with Crippen LogP contribution in [-0.4, -0.2) is 18.4 Å². The highest BCUT2D eigenvalue weighted by molar-refractivity contribution is 6.25. The third kappa shape index (κ3) is 5.29. The monoisotopic (exact) mass is 681 g/mol. The van der Waals surface area contributed by atoms with E-state index in [0.29, 0.717) is 18.2 Å². The minimum absolute atomic E-state index is 0.447. The largest absolute Gasteiger partial charge is 0.456 e. The highest BCUT2D eigenvalue weighted by Crippen LogP contribution is 2.37. The summed E-state index contributed by atoms with van der Waals surface area (Å²) in [5.74, 6) is 1.00. The van der Waals surface area contributed by atoms with E-state index in [1.165, 1.54) is 21.5 Å². The van der Waals surface area contributed by atoms with Crippen LogP contribution in [0.4, 0.5) is 0 Å². The van der Waals surface area contributed by atoms with Crippen molar-refractivity contribution in [2.24, 2.45) is 15.0 Å². The van der Waals surface area contributed by atoms with Crippen molar-refractivity contribution < 1.29 is 8.83 Å². The van der Waals surface area contributed by atoms with Gasteiger partial charge in [-0.05, 0) is 81.4 Å². The molecule has 10 aromatic rings. The molecule has 0 aliphatic carbocycles. The molecule has 0 unspecified atom stereocenters. The summed E-state index contributed by atoms with van der Waals surface area (Å²) in [5, 5.41) is 8.80. The molecule has 0 N–H and O–H groups in total. The second-order valence-corrected chi connectivity index (χ2v) is 13.2. The predicted octanol–water partition coefficient (Wildman–Crippen LogP) is 12.6. The Morgan fingerprint density at radius 2 is 1.04 bits per heavy atom. The second kappa shape index (κ2) is 12.6. The van der Waals surface area contributed by atoms with Gasteiger partial charge in [-0.2, -0.15) is 0 Å². The summed E-state index contributed by atoms with van der Waals surface area (Å²) in [4.78, 5) is 14.8. The predicted molar refractivity (Wildman–Crippen MR) is 221 cm³/mol. The Labute approximate surface area is 304 Å². The third-order valence-electron chi connectivity index (χ3n) is 10.1. The smallest absolute Gasteiger partial charge is 0.161 e. The molecule has 2 aromatic heterocycles. The first-order valence-electron chi connectivity index (χ1n) is 17.6. The summed E-state index contributed by atoms with van der Waals surface area (Å²) in [6.07, 6.45) is 0. The molecule has 0 saturated heterocycles. The molecule has 2 heterocycles. The summed E-state index contributed by atoms with van der Waals surface area (Å²) >= 11 is 0. The fourth-order valence-electron chi connectivity index (χ4n) is 7.55. The lowest BCUT2D eigenvalue weighted by atomic mass is 9.96. The first-order valence-corrected chi connectivity index (χ1v) is 17.6. The average molecular weight is 682 g/mol. The molecule has 0 bridgehead atoms. The molecule has 5 heteroatoms. The lowest BCUT2D eigenvalue weighted by Gasteiger charge is -2.09. The number of furan rings is 2. The van der Waals surface area contributed by atoms with Gasteiger partial charge in [0.2, 0.25) is 0 Å². The highest BCUT2D eigenvalue weighted by Gasteiger charge is 2.19. The Morgan fingerprint density at radius 1 is 0.453 bits per heavy atom. The summed E-state index contributed by atoms with van der Waals surface area (Å²) in [5.41, 5.74) is 8.11. The molecule has 0 fully saturated rings.